The second-order valence-corrected chi connectivity index (χ2v) is 13.0. The maximum atomic E-state index is 16.0. The maximum Gasteiger partial charge on any atom is 0.298 e. The number of hydrogen-bond acceptors (Lipinski definition) is 6. The molecule has 1 aliphatic heterocycles. The number of ether oxygens (including phenoxy) is 2. The van der Waals surface area contributed by atoms with Gasteiger partial charge in [0.05, 0.1) is 23.1 Å². The summed E-state index contributed by atoms with van der Waals surface area (Å²) in [5.74, 6) is -3.84. The van der Waals surface area contributed by atoms with Crippen LogP contribution in [0.4, 0.5) is 8.78 Å². The number of amides is 1. The molecule has 3 N–H and O–H groups in total. The SMILES string of the molecule is COc1cc(C(F)(F)[C@H](NS(=O)(=O)c2ccc(OCC3CCCCC3)cc2)C(=O)N2CCC(N)CC2)ccc1Br. The number of nitrogens with two attached hydrogens (primary N) is 1. The van der Waals surface area contributed by atoms with Gasteiger partial charge in [-0.05, 0) is 83.9 Å². The molecular weight excluding hydrogens is 608 g/mol. The van der Waals surface area contributed by atoms with Gasteiger partial charge in [-0.2, -0.15) is 13.5 Å². The number of sulfonamides is 1. The number of nitrogens with one attached hydrogen (secondary N) is 1. The number of piperidine rings is 1. The van der Waals surface area contributed by atoms with Gasteiger partial charge in [0.25, 0.3) is 5.92 Å². The number of carbonyl (C=O) groups is 1. The fourth-order valence-corrected chi connectivity index (χ4v) is 6.72. The van der Waals surface area contributed by atoms with E-state index in [2.05, 4.69) is 15.9 Å². The molecule has 2 aromatic rings. The number of benzene rings is 2. The Labute approximate surface area is 242 Å². The Hall–Kier alpha value is -2.28. The van der Waals surface area contributed by atoms with E-state index in [1.165, 1.54) is 61.6 Å². The minimum atomic E-state index is -4.52. The Morgan fingerprint density at radius 1 is 1.10 bits per heavy atom. The van der Waals surface area contributed by atoms with Gasteiger partial charge in [-0.3, -0.25) is 4.79 Å². The van der Waals surface area contributed by atoms with Crippen molar-refractivity contribution in [3.63, 3.8) is 0 Å². The standard InChI is InChI=1S/C28H36BrF2N3O5S/c1-38-25-17-20(7-12-24(25)29)28(30,31)26(27(35)34-15-13-21(32)14-16-34)33-40(36,37)23-10-8-22(9-11-23)39-18-19-5-3-2-4-6-19/h7-12,17,19,21,26,33H,2-6,13-16,18,32H2,1H3/t26-/m1/s1. The third-order valence-corrected chi connectivity index (χ3v) is 9.71. The quantitative estimate of drug-likeness (QED) is 0.385. The van der Waals surface area contributed by atoms with Crippen molar-refractivity contribution < 1.29 is 31.5 Å². The Morgan fingerprint density at radius 2 is 1.75 bits per heavy atom. The summed E-state index contributed by atoms with van der Waals surface area (Å²) in [5.41, 5.74) is 5.36. The summed E-state index contributed by atoms with van der Waals surface area (Å²) >= 11 is 3.23. The molecule has 220 valence electrons. The highest BCUT2D eigenvalue weighted by Crippen LogP contribution is 2.38. The number of hydrogen-bond donors (Lipinski definition) is 2. The van der Waals surface area contributed by atoms with Crippen molar-refractivity contribution in [1.29, 1.82) is 0 Å². The molecule has 1 aliphatic carbocycles. The predicted molar refractivity (Wildman–Crippen MR) is 151 cm³/mol. The van der Waals surface area contributed by atoms with Crippen LogP contribution in [-0.4, -0.2) is 58.1 Å². The summed E-state index contributed by atoms with van der Waals surface area (Å²) in [6.45, 7) is 0.860. The second kappa shape index (κ2) is 13.1. The van der Waals surface area contributed by atoms with E-state index in [1.54, 1.807) is 0 Å². The van der Waals surface area contributed by atoms with Gasteiger partial charge in [0.2, 0.25) is 15.9 Å². The van der Waals surface area contributed by atoms with Gasteiger partial charge in [-0.25, -0.2) is 8.42 Å². The Balaban J connectivity index is 1.57. The molecule has 2 aromatic carbocycles. The fourth-order valence-electron chi connectivity index (χ4n) is 5.12. The van der Waals surface area contributed by atoms with Crippen molar-refractivity contribution in [1.82, 2.24) is 9.62 Å². The highest BCUT2D eigenvalue weighted by Gasteiger charge is 2.50. The van der Waals surface area contributed by atoms with E-state index in [1.807, 2.05) is 4.72 Å². The summed E-state index contributed by atoms with van der Waals surface area (Å²) in [6, 6.07) is 6.63. The van der Waals surface area contributed by atoms with Crippen LogP contribution < -0.4 is 19.9 Å². The first-order valence-corrected chi connectivity index (χ1v) is 15.8. The molecule has 1 amide bonds. The van der Waals surface area contributed by atoms with Gasteiger partial charge in [-0.1, -0.05) is 25.3 Å². The number of likely N-dealkylation sites (tertiary alicyclic amines) is 1. The molecule has 4 rings (SSSR count). The molecule has 0 aromatic heterocycles. The summed E-state index contributed by atoms with van der Waals surface area (Å²) in [7, 11) is -3.19. The lowest BCUT2D eigenvalue weighted by molar-refractivity contribution is -0.145. The molecular formula is C28H36BrF2N3O5S. The zero-order chi connectivity index (χ0) is 28.9. The highest BCUT2D eigenvalue weighted by atomic mass is 79.9. The van der Waals surface area contributed by atoms with Crippen molar-refractivity contribution in [2.45, 2.75) is 67.8 Å². The fraction of sp³-hybridized carbons (Fsp3) is 0.536. The third-order valence-electron chi connectivity index (χ3n) is 7.61. The zero-order valence-electron chi connectivity index (χ0n) is 22.5. The van der Waals surface area contributed by atoms with Crippen LogP contribution in [-0.2, 0) is 20.7 Å². The molecule has 40 heavy (non-hydrogen) atoms. The van der Waals surface area contributed by atoms with Crippen LogP contribution in [0.2, 0.25) is 0 Å². The third kappa shape index (κ3) is 7.32. The predicted octanol–water partition coefficient (Wildman–Crippen LogP) is 4.81. The molecule has 0 spiro atoms. The van der Waals surface area contributed by atoms with E-state index in [-0.39, 0.29) is 29.8 Å². The first-order valence-electron chi connectivity index (χ1n) is 13.5. The van der Waals surface area contributed by atoms with Crippen molar-refractivity contribution >= 4 is 31.9 Å². The number of carbonyl (C=O) groups excluding carboxylic acids is 1. The van der Waals surface area contributed by atoms with E-state index in [0.29, 0.717) is 35.6 Å². The van der Waals surface area contributed by atoms with Crippen molar-refractivity contribution in [3.05, 3.63) is 52.5 Å². The van der Waals surface area contributed by atoms with E-state index in [0.717, 1.165) is 25.0 Å². The number of methoxy groups -OCH3 is 1. The molecule has 2 fully saturated rings. The van der Waals surface area contributed by atoms with Crippen LogP contribution in [0.3, 0.4) is 0 Å². The molecule has 0 bridgehead atoms. The van der Waals surface area contributed by atoms with Crippen LogP contribution in [0.25, 0.3) is 0 Å². The molecule has 1 heterocycles. The minimum absolute atomic E-state index is 0.124. The Bertz CT molecular complexity index is 1270. The number of halogens is 3. The molecule has 2 aliphatic rings. The molecule has 8 nitrogen and oxygen atoms in total. The lowest BCUT2D eigenvalue weighted by atomic mass is 9.90. The van der Waals surface area contributed by atoms with Crippen molar-refractivity contribution in [3.8, 4) is 11.5 Å². The number of rotatable bonds is 10. The van der Waals surface area contributed by atoms with Gasteiger partial charge in [0.1, 0.15) is 11.5 Å². The normalized spacial score (nSPS) is 18.4. The molecule has 0 unspecified atom stereocenters. The van der Waals surface area contributed by atoms with Crippen LogP contribution >= 0.6 is 15.9 Å². The van der Waals surface area contributed by atoms with Gasteiger partial charge >= 0.3 is 0 Å². The van der Waals surface area contributed by atoms with Crippen LogP contribution in [0.5, 0.6) is 11.5 Å². The van der Waals surface area contributed by atoms with E-state index >= 15 is 8.78 Å². The average molecular weight is 645 g/mol. The largest absolute Gasteiger partial charge is 0.496 e. The zero-order valence-corrected chi connectivity index (χ0v) is 24.9. The first-order chi connectivity index (χ1) is 19.0. The lowest BCUT2D eigenvalue weighted by Crippen LogP contribution is -2.58. The van der Waals surface area contributed by atoms with Gasteiger partial charge in [0, 0.05) is 24.7 Å². The Kier molecular flexibility index (Phi) is 10.1. The second-order valence-electron chi connectivity index (χ2n) is 10.5. The van der Waals surface area contributed by atoms with Crippen molar-refractivity contribution in [2.75, 3.05) is 26.8 Å². The van der Waals surface area contributed by atoms with E-state index < -0.39 is 33.5 Å². The molecule has 0 radical (unpaired) electrons. The number of alkyl halides is 2. The van der Waals surface area contributed by atoms with Crippen LogP contribution in [0.15, 0.2) is 51.8 Å². The van der Waals surface area contributed by atoms with E-state index in [9.17, 15) is 13.2 Å². The average Bonchev–Trinajstić information content (AvgIpc) is 2.95. The first kappa shape index (κ1) is 30.7. The minimum Gasteiger partial charge on any atom is -0.496 e. The molecule has 12 heteroatoms. The Morgan fingerprint density at radius 3 is 2.38 bits per heavy atom. The maximum absolute atomic E-state index is 16.0. The van der Waals surface area contributed by atoms with Crippen LogP contribution in [0, 0.1) is 5.92 Å². The van der Waals surface area contributed by atoms with Gasteiger partial charge in [0.15, 0.2) is 6.04 Å². The molecule has 1 saturated carbocycles. The van der Waals surface area contributed by atoms with Gasteiger partial charge in [-0.15, -0.1) is 0 Å². The summed E-state index contributed by atoms with van der Waals surface area (Å²) in [4.78, 5) is 14.5. The smallest absolute Gasteiger partial charge is 0.298 e. The topological polar surface area (TPSA) is 111 Å². The van der Waals surface area contributed by atoms with Crippen molar-refractivity contribution in [2.24, 2.45) is 11.7 Å². The number of nitrogens with zero attached hydrogens (tertiary/aromatic N) is 1. The molecule has 1 atom stereocenters. The molecule has 1 saturated heterocycles. The summed E-state index contributed by atoms with van der Waals surface area (Å²) in [6.07, 6.45) is 6.67. The lowest BCUT2D eigenvalue weighted by Gasteiger charge is -2.35. The van der Waals surface area contributed by atoms with E-state index in [4.69, 9.17) is 15.2 Å². The summed E-state index contributed by atoms with van der Waals surface area (Å²) < 4.78 is 72.2. The van der Waals surface area contributed by atoms with Gasteiger partial charge < -0.3 is 20.1 Å². The van der Waals surface area contributed by atoms with Crippen LogP contribution in [0.1, 0.15) is 50.5 Å². The monoisotopic (exact) mass is 643 g/mol. The summed E-state index contributed by atoms with van der Waals surface area (Å²) in [5, 5.41) is 0. The highest BCUT2D eigenvalue weighted by molar-refractivity contribution is 9.10.